The SMILES string of the molecule is C=C(/C=C\C)c1cccc(I)n1.CN=CC1CC1.C\C=C/C=C(\C=C\NCO)/C=N/N=C\N(C)C1CC1. The van der Waals surface area contributed by atoms with Crippen LogP contribution >= 0.6 is 22.6 Å². The predicted octanol–water partition coefficient (Wildman–Crippen LogP) is 6.02. The fourth-order valence-corrected chi connectivity index (χ4v) is 3.14. The maximum atomic E-state index is 8.63. The van der Waals surface area contributed by atoms with Crippen molar-refractivity contribution in [2.75, 3.05) is 20.8 Å². The topological polar surface area (TPSA) is 85.5 Å². The summed E-state index contributed by atoms with van der Waals surface area (Å²) < 4.78 is 0.996. The van der Waals surface area contributed by atoms with E-state index in [4.69, 9.17) is 5.11 Å². The third-order valence-corrected chi connectivity index (χ3v) is 5.59. The Kier molecular flexibility index (Phi) is 17.6. The second-order valence-corrected chi connectivity index (χ2v) is 9.48. The van der Waals surface area contributed by atoms with E-state index in [1.54, 1.807) is 18.8 Å². The summed E-state index contributed by atoms with van der Waals surface area (Å²) in [6, 6.07) is 6.56. The van der Waals surface area contributed by atoms with Crippen LogP contribution in [0, 0.1) is 9.62 Å². The molecule has 3 rings (SSSR count). The third kappa shape index (κ3) is 17.3. The number of aliphatic hydroxyl groups excluding tert-OH is 1. The number of hydrogen-bond acceptors (Lipinski definition) is 6. The fourth-order valence-electron chi connectivity index (χ4n) is 2.67. The summed E-state index contributed by atoms with van der Waals surface area (Å²) in [4.78, 5) is 10.3. The summed E-state index contributed by atoms with van der Waals surface area (Å²) in [5.41, 5.74) is 2.79. The van der Waals surface area contributed by atoms with E-state index >= 15 is 0 Å². The van der Waals surface area contributed by atoms with Crippen LogP contribution in [0.2, 0.25) is 0 Å². The molecule has 7 nitrogen and oxygen atoms in total. The van der Waals surface area contributed by atoms with Crippen molar-refractivity contribution in [2.24, 2.45) is 21.1 Å². The molecule has 0 aliphatic heterocycles. The highest BCUT2D eigenvalue weighted by atomic mass is 127. The van der Waals surface area contributed by atoms with E-state index in [2.05, 4.69) is 59.6 Å². The monoisotopic (exact) mass is 616 g/mol. The smallest absolute Gasteiger partial charge is 0.114 e. The fraction of sp³-hybridized carbons (Fsp3) is 0.379. The van der Waals surface area contributed by atoms with E-state index in [-0.39, 0.29) is 6.73 Å². The van der Waals surface area contributed by atoms with Crippen molar-refractivity contribution in [2.45, 2.75) is 45.6 Å². The van der Waals surface area contributed by atoms with Crippen molar-refractivity contribution < 1.29 is 5.11 Å². The second kappa shape index (κ2) is 20.2. The number of nitrogens with zero attached hydrogens (tertiary/aromatic N) is 5. The Morgan fingerprint density at radius 3 is 2.49 bits per heavy atom. The number of halogens is 1. The summed E-state index contributed by atoms with van der Waals surface area (Å²) >= 11 is 2.19. The van der Waals surface area contributed by atoms with Crippen LogP contribution in [0.5, 0.6) is 0 Å². The summed E-state index contributed by atoms with van der Waals surface area (Å²) in [5, 5.41) is 19.3. The van der Waals surface area contributed by atoms with Crippen LogP contribution in [0.4, 0.5) is 0 Å². The van der Waals surface area contributed by atoms with E-state index in [0.29, 0.717) is 6.04 Å². The van der Waals surface area contributed by atoms with Crippen molar-refractivity contribution in [3.05, 3.63) is 82.4 Å². The number of allylic oxidation sites excluding steroid dienone is 8. The normalized spacial score (nSPS) is 16.0. The maximum Gasteiger partial charge on any atom is 0.114 e. The molecule has 1 aromatic rings. The van der Waals surface area contributed by atoms with Crippen molar-refractivity contribution in [1.82, 2.24) is 15.2 Å². The van der Waals surface area contributed by atoms with Gasteiger partial charge >= 0.3 is 0 Å². The maximum absolute atomic E-state index is 8.63. The van der Waals surface area contributed by atoms with E-state index in [9.17, 15) is 0 Å². The van der Waals surface area contributed by atoms with Crippen LogP contribution in [0.15, 0.2) is 88.2 Å². The second-order valence-electron chi connectivity index (χ2n) is 8.38. The number of nitrogens with one attached hydrogen (secondary N) is 1. The average Bonchev–Trinajstić information content (AvgIpc) is 3.81. The Bertz CT molecular complexity index is 1000. The Balaban J connectivity index is 0.000000320. The van der Waals surface area contributed by atoms with Crippen LogP contribution in [0.1, 0.15) is 45.2 Å². The molecule has 0 radical (unpaired) electrons. The Morgan fingerprint density at radius 2 is 1.95 bits per heavy atom. The standard InChI is InChI=1S/C14H22N4O.C10H10IN.C5H9N/c1-3-4-5-13(8-9-15-12-19)10-16-17-11-18(2)14-6-7-14;1-3-5-8(2)9-6-4-7-10(11)12-9;1-6-4-5-2-3-5/h3-5,8-11,14-15,19H,6-7,12H2,1-2H3;3-7H,2H2,1H3;4-5H,2-3H2,1H3/b4-3-,9-8+,13-5+,16-10+,17-11-;5-3-;. The molecule has 8 heteroatoms. The molecule has 0 amide bonds. The molecule has 0 bridgehead atoms. The van der Waals surface area contributed by atoms with Crippen LogP contribution in [-0.4, -0.2) is 60.6 Å². The van der Waals surface area contributed by atoms with Crippen LogP contribution in [0.25, 0.3) is 5.57 Å². The molecule has 2 N–H and O–H groups in total. The van der Waals surface area contributed by atoms with E-state index in [1.165, 1.54) is 25.7 Å². The Hall–Kier alpha value is -2.85. The van der Waals surface area contributed by atoms with Crippen LogP contribution < -0.4 is 5.32 Å². The zero-order valence-corrected chi connectivity index (χ0v) is 24.6. The van der Waals surface area contributed by atoms with Gasteiger partial charge in [0.25, 0.3) is 0 Å². The van der Waals surface area contributed by atoms with Gasteiger partial charge in [-0.3, -0.25) is 0 Å². The van der Waals surface area contributed by atoms with Crippen molar-refractivity contribution in [3.63, 3.8) is 0 Å². The molecule has 200 valence electrons. The highest BCUT2D eigenvalue weighted by molar-refractivity contribution is 14.1. The quantitative estimate of drug-likeness (QED) is 0.0606. The van der Waals surface area contributed by atoms with Crippen LogP contribution in [-0.2, 0) is 0 Å². The first-order valence-corrected chi connectivity index (χ1v) is 13.5. The van der Waals surface area contributed by atoms with E-state index in [0.717, 1.165) is 26.5 Å². The summed E-state index contributed by atoms with van der Waals surface area (Å²) in [7, 11) is 3.84. The van der Waals surface area contributed by atoms with Gasteiger partial charge in [-0.05, 0) is 104 Å². The molecular weight excluding hydrogens is 575 g/mol. The third-order valence-electron chi connectivity index (χ3n) is 4.99. The summed E-state index contributed by atoms with van der Waals surface area (Å²) in [6.45, 7) is 7.73. The van der Waals surface area contributed by atoms with Gasteiger partial charge in [-0.1, -0.05) is 43.0 Å². The van der Waals surface area contributed by atoms with Crippen LogP contribution in [0.3, 0.4) is 0 Å². The highest BCUT2D eigenvalue weighted by Crippen LogP contribution is 2.26. The molecule has 0 aromatic carbocycles. The van der Waals surface area contributed by atoms with Gasteiger partial charge in [-0.15, -0.1) is 5.10 Å². The average molecular weight is 617 g/mol. The molecule has 37 heavy (non-hydrogen) atoms. The number of aromatic nitrogens is 1. The summed E-state index contributed by atoms with van der Waals surface area (Å²) in [5.74, 6) is 0.856. The molecule has 2 aliphatic carbocycles. The molecular formula is C29H41IN6O. The predicted molar refractivity (Wildman–Crippen MR) is 168 cm³/mol. The van der Waals surface area contributed by atoms with Crippen molar-refractivity contribution in [1.29, 1.82) is 0 Å². The van der Waals surface area contributed by atoms with Crippen molar-refractivity contribution in [3.8, 4) is 0 Å². The number of hydrogen-bond donors (Lipinski definition) is 2. The summed E-state index contributed by atoms with van der Waals surface area (Å²) in [6.07, 6.45) is 23.9. The minimum atomic E-state index is -0.0884. The first-order chi connectivity index (χ1) is 17.9. The highest BCUT2D eigenvalue weighted by Gasteiger charge is 2.24. The number of pyridine rings is 1. The number of aliphatic imine (C=N–C) groups is 1. The molecule has 0 atom stereocenters. The van der Waals surface area contributed by atoms with E-state index < -0.39 is 0 Å². The lowest BCUT2D eigenvalue weighted by Gasteiger charge is -2.08. The minimum Gasteiger partial charge on any atom is -0.377 e. The molecule has 1 aromatic heterocycles. The number of rotatable bonds is 11. The molecule has 1 heterocycles. The van der Waals surface area contributed by atoms with Gasteiger partial charge in [-0.25, -0.2) is 4.98 Å². The van der Waals surface area contributed by atoms with Gasteiger partial charge in [0.15, 0.2) is 0 Å². The Labute approximate surface area is 236 Å². The zero-order valence-electron chi connectivity index (χ0n) is 22.5. The number of aliphatic hydroxyl groups is 1. The van der Waals surface area contributed by atoms with Gasteiger partial charge < -0.3 is 20.3 Å². The van der Waals surface area contributed by atoms with Gasteiger partial charge in [0.05, 0.1) is 11.9 Å². The van der Waals surface area contributed by atoms with Gasteiger partial charge in [0.2, 0.25) is 0 Å². The lowest BCUT2D eigenvalue weighted by molar-refractivity contribution is 0.280. The first kappa shape index (κ1) is 32.2. The van der Waals surface area contributed by atoms with Gasteiger partial charge in [0.1, 0.15) is 16.8 Å². The first-order valence-electron chi connectivity index (χ1n) is 12.4. The largest absolute Gasteiger partial charge is 0.377 e. The lowest BCUT2D eigenvalue weighted by atomic mass is 10.2. The molecule has 2 aliphatic rings. The lowest BCUT2D eigenvalue weighted by Crippen LogP contribution is -2.17. The zero-order chi connectivity index (χ0) is 27.3. The molecule has 2 saturated carbocycles. The van der Waals surface area contributed by atoms with E-state index in [1.807, 2.05) is 88.8 Å². The Morgan fingerprint density at radius 1 is 1.19 bits per heavy atom. The van der Waals surface area contributed by atoms with Gasteiger partial charge in [0, 0.05) is 26.4 Å². The molecule has 2 fully saturated rings. The molecule has 0 saturated heterocycles. The van der Waals surface area contributed by atoms with Gasteiger partial charge in [-0.2, -0.15) is 5.10 Å². The minimum absolute atomic E-state index is 0.0884. The molecule has 0 unspecified atom stereocenters. The molecule has 0 spiro atoms. The van der Waals surface area contributed by atoms with Crippen molar-refractivity contribution >= 4 is 46.9 Å².